The molecule has 9 heteroatoms. The van der Waals surface area contributed by atoms with Crippen molar-refractivity contribution in [2.24, 2.45) is 0 Å². The highest BCUT2D eigenvalue weighted by atomic mass is 32.2. The van der Waals surface area contributed by atoms with Gasteiger partial charge in [0.2, 0.25) is 10.0 Å². The third kappa shape index (κ3) is 5.65. The molecule has 3 rings (SSSR count). The molecule has 2 amide bonds. The largest absolute Gasteiger partial charge is 0.377 e. The number of rotatable bonds is 8. The summed E-state index contributed by atoms with van der Waals surface area (Å²) in [5.74, 6) is -0.558. The third-order valence-electron chi connectivity index (χ3n) is 4.69. The first-order chi connectivity index (χ1) is 14.4. The van der Waals surface area contributed by atoms with Crippen molar-refractivity contribution < 1.29 is 22.7 Å². The van der Waals surface area contributed by atoms with Gasteiger partial charge in [-0.1, -0.05) is 0 Å². The molecule has 30 heavy (non-hydrogen) atoms. The maximum absolute atomic E-state index is 12.4. The lowest BCUT2D eigenvalue weighted by molar-refractivity contribution is 0.0955. The quantitative estimate of drug-likeness (QED) is 0.593. The zero-order valence-electron chi connectivity index (χ0n) is 16.7. The average molecular weight is 432 g/mol. The van der Waals surface area contributed by atoms with Crippen molar-refractivity contribution in [3.8, 4) is 0 Å². The number of hydrogen-bond acceptors (Lipinski definition) is 5. The standard InChI is InChI=1S/C21H25N3O5S/c1-2-22-20(25)15-5-9-17(10-6-15)24-21(26)16-7-11-19(12-8-16)30(27,28)23-14-18-4-3-13-29-18/h5-12,18,23H,2-4,13-14H2,1H3,(H,22,25)(H,24,26). The van der Waals surface area contributed by atoms with Crippen LogP contribution in [-0.2, 0) is 14.8 Å². The van der Waals surface area contributed by atoms with E-state index in [1.165, 1.54) is 24.3 Å². The van der Waals surface area contributed by atoms with Gasteiger partial charge in [0, 0.05) is 36.5 Å². The van der Waals surface area contributed by atoms with Crippen LogP contribution in [0.2, 0.25) is 0 Å². The molecule has 1 aliphatic rings. The highest BCUT2D eigenvalue weighted by molar-refractivity contribution is 7.89. The fraction of sp³-hybridized carbons (Fsp3) is 0.333. The molecule has 0 bridgehead atoms. The van der Waals surface area contributed by atoms with E-state index >= 15 is 0 Å². The monoisotopic (exact) mass is 431 g/mol. The Kier molecular flexibility index (Phi) is 7.20. The van der Waals surface area contributed by atoms with Gasteiger partial charge in [-0.2, -0.15) is 0 Å². The second-order valence-electron chi connectivity index (χ2n) is 6.90. The molecule has 1 fully saturated rings. The third-order valence-corrected chi connectivity index (χ3v) is 6.13. The predicted molar refractivity (Wildman–Crippen MR) is 113 cm³/mol. The molecule has 8 nitrogen and oxygen atoms in total. The molecule has 1 atom stereocenters. The second kappa shape index (κ2) is 9.84. The van der Waals surface area contributed by atoms with Gasteiger partial charge >= 0.3 is 0 Å². The molecule has 160 valence electrons. The summed E-state index contributed by atoms with van der Waals surface area (Å²) in [5, 5.41) is 5.43. The molecule has 1 aliphatic heterocycles. The van der Waals surface area contributed by atoms with E-state index in [4.69, 9.17) is 4.74 Å². The lowest BCUT2D eigenvalue weighted by Crippen LogP contribution is -2.31. The second-order valence-corrected chi connectivity index (χ2v) is 8.67. The summed E-state index contributed by atoms with van der Waals surface area (Å²) in [6, 6.07) is 12.2. The molecule has 0 aliphatic carbocycles. The summed E-state index contributed by atoms with van der Waals surface area (Å²) in [5.41, 5.74) is 1.35. The Labute approximate surface area is 176 Å². The number of carbonyl (C=O) groups excluding carboxylic acids is 2. The smallest absolute Gasteiger partial charge is 0.255 e. The van der Waals surface area contributed by atoms with Gasteiger partial charge in [-0.05, 0) is 68.3 Å². The minimum absolute atomic E-state index is 0.0864. The summed E-state index contributed by atoms with van der Waals surface area (Å²) in [7, 11) is -3.67. The fourth-order valence-corrected chi connectivity index (χ4v) is 4.11. The van der Waals surface area contributed by atoms with Gasteiger partial charge in [0.1, 0.15) is 0 Å². The van der Waals surface area contributed by atoms with E-state index < -0.39 is 10.0 Å². The molecule has 2 aromatic carbocycles. The molecular weight excluding hydrogens is 406 g/mol. The van der Waals surface area contributed by atoms with E-state index in [9.17, 15) is 18.0 Å². The number of nitrogens with one attached hydrogen (secondary N) is 3. The lowest BCUT2D eigenvalue weighted by atomic mass is 10.1. The molecule has 2 aromatic rings. The minimum atomic E-state index is -3.67. The normalized spacial score (nSPS) is 16.2. The van der Waals surface area contributed by atoms with E-state index in [1.807, 2.05) is 6.92 Å². The molecule has 0 radical (unpaired) electrons. The molecule has 0 saturated carbocycles. The van der Waals surface area contributed by atoms with Crippen LogP contribution < -0.4 is 15.4 Å². The van der Waals surface area contributed by atoms with E-state index in [1.54, 1.807) is 24.3 Å². The van der Waals surface area contributed by atoms with Crippen molar-refractivity contribution in [1.82, 2.24) is 10.0 Å². The predicted octanol–water partition coefficient (Wildman–Crippen LogP) is 2.15. The van der Waals surface area contributed by atoms with Gasteiger partial charge in [0.15, 0.2) is 0 Å². The van der Waals surface area contributed by atoms with E-state index in [0.717, 1.165) is 12.8 Å². The molecule has 1 unspecified atom stereocenters. The van der Waals surface area contributed by atoms with Crippen molar-refractivity contribution in [3.63, 3.8) is 0 Å². The highest BCUT2D eigenvalue weighted by Crippen LogP contribution is 2.16. The Hall–Kier alpha value is -2.75. The Bertz CT molecular complexity index is 982. The highest BCUT2D eigenvalue weighted by Gasteiger charge is 2.20. The molecule has 0 aromatic heterocycles. The first kappa shape index (κ1) is 21.9. The maximum Gasteiger partial charge on any atom is 0.255 e. The molecular formula is C21H25N3O5S. The average Bonchev–Trinajstić information content (AvgIpc) is 3.27. The summed E-state index contributed by atoms with van der Waals surface area (Å²) in [6.45, 7) is 3.26. The summed E-state index contributed by atoms with van der Waals surface area (Å²) in [6.07, 6.45) is 1.68. The van der Waals surface area contributed by atoms with E-state index in [0.29, 0.717) is 30.0 Å². The van der Waals surface area contributed by atoms with Gasteiger partial charge in [-0.3, -0.25) is 9.59 Å². The van der Waals surface area contributed by atoms with E-state index in [-0.39, 0.29) is 29.4 Å². The molecule has 1 saturated heterocycles. The fourth-order valence-electron chi connectivity index (χ4n) is 3.05. The number of sulfonamides is 1. The Morgan fingerprint density at radius 3 is 2.23 bits per heavy atom. The SMILES string of the molecule is CCNC(=O)c1ccc(NC(=O)c2ccc(S(=O)(=O)NCC3CCCO3)cc2)cc1. The van der Waals surface area contributed by atoms with Crippen LogP contribution >= 0.6 is 0 Å². The zero-order valence-corrected chi connectivity index (χ0v) is 17.5. The van der Waals surface area contributed by atoms with Gasteiger partial charge in [-0.25, -0.2) is 13.1 Å². The van der Waals surface area contributed by atoms with Crippen molar-refractivity contribution in [2.75, 3.05) is 25.0 Å². The Morgan fingerprint density at radius 1 is 1.00 bits per heavy atom. The summed E-state index contributed by atoms with van der Waals surface area (Å²) < 4.78 is 32.8. The van der Waals surface area contributed by atoms with Crippen LogP contribution in [0.4, 0.5) is 5.69 Å². The molecule has 3 N–H and O–H groups in total. The first-order valence-electron chi connectivity index (χ1n) is 9.80. The van der Waals surface area contributed by atoms with Crippen LogP contribution in [0.5, 0.6) is 0 Å². The number of carbonyl (C=O) groups is 2. The Balaban J connectivity index is 1.59. The van der Waals surface area contributed by atoms with Crippen LogP contribution in [0, 0.1) is 0 Å². The molecule has 1 heterocycles. The number of anilines is 1. The van der Waals surface area contributed by atoms with Gasteiger partial charge < -0.3 is 15.4 Å². The van der Waals surface area contributed by atoms with Crippen LogP contribution in [0.1, 0.15) is 40.5 Å². The number of benzene rings is 2. The van der Waals surface area contributed by atoms with Crippen LogP contribution in [0.15, 0.2) is 53.4 Å². The van der Waals surface area contributed by atoms with Crippen molar-refractivity contribution >= 4 is 27.5 Å². The zero-order chi connectivity index (χ0) is 21.6. The van der Waals surface area contributed by atoms with Gasteiger partial charge in [0.25, 0.3) is 11.8 Å². The Morgan fingerprint density at radius 2 is 1.63 bits per heavy atom. The number of hydrogen-bond donors (Lipinski definition) is 3. The van der Waals surface area contributed by atoms with Crippen LogP contribution in [0.25, 0.3) is 0 Å². The summed E-state index contributed by atoms with van der Waals surface area (Å²) in [4.78, 5) is 24.3. The topological polar surface area (TPSA) is 114 Å². The van der Waals surface area contributed by atoms with Gasteiger partial charge in [0.05, 0.1) is 11.0 Å². The number of amides is 2. The summed E-state index contributed by atoms with van der Waals surface area (Å²) >= 11 is 0. The first-order valence-corrected chi connectivity index (χ1v) is 11.3. The lowest BCUT2D eigenvalue weighted by Gasteiger charge is -2.12. The van der Waals surface area contributed by atoms with Crippen molar-refractivity contribution in [2.45, 2.75) is 30.8 Å². The van der Waals surface area contributed by atoms with E-state index in [2.05, 4.69) is 15.4 Å². The number of ether oxygens (including phenoxy) is 1. The van der Waals surface area contributed by atoms with Crippen LogP contribution in [0.3, 0.4) is 0 Å². The van der Waals surface area contributed by atoms with Crippen molar-refractivity contribution in [3.05, 3.63) is 59.7 Å². The molecule has 0 spiro atoms. The van der Waals surface area contributed by atoms with Crippen molar-refractivity contribution in [1.29, 1.82) is 0 Å². The van der Waals surface area contributed by atoms with Crippen LogP contribution in [-0.4, -0.2) is 46.0 Å². The van der Waals surface area contributed by atoms with Gasteiger partial charge in [-0.15, -0.1) is 0 Å². The minimum Gasteiger partial charge on any atom is -0.377 e. The maximum atomic E-state index is 12.4.